The Hall–Kier alpha value is -1.61. The number of hydrogen-bond acceptors (Lipinski definition) is 5. The van der Waals surface area contributed by atoms with Crippen molar-refractivity contribution in [3.63, 3.8) is 0 Å². The monoisotopic (exact) mass is 356 g/mol. The highest BCUT2D eigenvalue weighted by molar-refractivity contribution is 7.91. The molecule has 1 saturated heterocycles. The summed E-state index contributed by atoms with van der Waals surface area (Å²) in [5.41, 5.74) is 0.741. The van der Waals surface area contributed by atoms with Crippen LogP contribution in [0.15, 0.2) is 12.4 Å². The summed E-state index contributed by atoms with van der Waals surface area (Å²) in [6, 6.07) is -0.747. The van der Waals surface area contributed by atoms with Gasteiger partial charge in [0.2, 0.25) is 0 Å². The molecule has 1 aliphatic carbocycles. The molecule has 1 N–H and O–H groups in total. The van der Waals surface area contributed by atoms with Crippen LogP contribution in [0.3, 0.4) is 0 Å². The summed E-state index contributed by atoms with van der Waals surface area (Å²) in [5, 5.41) is 7.13. The molecule has 0 unspecified atom stereocenters. The van der Waals surface area contributed by atoms with Crippen LogP contribution >= 0.6 is 0 Å². The van der Waals surface area contributed by atoms with E-state index in [4.69, 9.17) is 4.74 Å². The molecule has 0 aromatic carbocycles. The maximum Gasteiger partial charge on any atom is 0.318 e. The number of hydrogen-bond donors (Lipinski definition) is 1. The quantitative estimate of drug-likeness (QED) is 0.820. The zero-order valence-corrected chi connectivity index (χ0v) is 14.8. The first-order chi connectivity index (χ1) is 11.4. The van der Waals surface area contributed by atoms with E-state index in [9.17, 15) is 13.2 Å². The maximum atomic E-state index is 12.8. The lowest BCUT2D eigenvalue weighted by molar-refractivity contribution is 0.141. The van der Waals surface area contributed by atoms with Gasteiger partial charge in [-0.1, -0.05) is 0 Å². The summed E-state index contributed by atoms with van der Waals surface area (Å²) >= 11 is 0. The van der Waals surface area contributed by atoms with Gasteiger partial charge >= 0.3 is 6.03 Å². The molecule has 8 nitrogen and oxygen atoms in total. The molecule has 0 bridgehead atoms. The number of nitrogens with one attached hydrogen (secondary N) is 1. The van der Waals surface area contributed by atoms with E-state index in [-0.39, 0.29) is 30.1 Å². The first-order valence-electron chi connectivity index (χ1n) is 8.14. The van der Waals surface area contributed by atoms with E-state index in [0.29, 0.717) is 12.5 Å². The molecule has 2 atom stereocenters. The summed E-state index contributed by atoms with van der Waals surface area (Å²) in [6.07, 6.45) is 5.57. The zero-order chi connectivity index (χ0) is 17.3. The highest BCUT2D eigenvalue weighted by Crippen LogP contribution is 2.33. The van der Waals surface area contributed by atoms with Crippen molar-refractivity contribution in [3.05, 3.63) is 18.0 Å². The number of nitrogens with zero attached hydrogens (tertiary/aromatic N) is 3. The van der Waals surface area contributed by atoms with E-state index in [0.717, 1.165) is 18.4 Å². The highest BCUT2D eigenvalue weighted by atomic mass is 32.2. The third-order valence-corrected chi connectivity index (χ3v) is 6.28. The average molecular weight is 356 g/mol. The summed E-state index contributed by atoms with van der Waals surface area (Å²) in [6.45, 7) is 0.665. The number of amides is 2. The van der Waals surface area contributed by atoms with Gasteiger partial charge in [-0.3, -0.25) is 4.68 Å². The van der Waals surface area contributed by atoms with Crippen LogP contribution in [0, 0.1) is 5.92 Å². The molecule has 0 spiro atoms. The van der Waals surface area contributed by atoms with Crippen LogP contribution in [0.2, 0.25) is 0 Å². The van der Waals surface area contributed by atoms with Crippen LogP contribution < -0.4 is 5.32 Å². The number of rotatable bonds is 5. The maximum absolute atomic E-state index is 12.8. The second-order valence-corrected chi connectivity index (χ2v) is 8.85. The van der Waals surface area contributed by atoms with Gasteiger partial charge in [0, 0.05) is 32.5 Å². The van der Waals surface area contributed by atoms with Crippen LogP contribution in [-0.4, -0.2) is 66.9 Å². The first-order valence-corrected chi connectivity index (χ1v) is 9.97. The number of urea groups is 1. The Morgan fingerprint density at radius 2 is 2.25 bits per heavy atom. The van der Waals surface area contributed by atoms with Crippen molar-refractivity contribution in [2.75, 3.05) is 31.8 Å². The smallest absolute Gasteiger partial charge is 0.318 e. The SMILES string of the molecule is COC[C@@H](NC(=O)N1CCS(=O)(=O)C[C@H]1c1cnn(C)c1)C1CC1. The van der Waals surface area contributed by atoms with Gasteiger partial charge in [0.1, 0.15) is 0 Å². The number of aryl methyl sites for hydroxylation is 1. The van der Waals surface area contributed by atoms with Gasteiger partial charge < -0.3 is 15.0 Å². The van der Waals surface area contributed by atoms with Crippen molar-refractivity contribution >= 4 is 15.9 Å². The topological polar surface area (TPSA) is 93.5 Å². The average Bonchev–Trinajstić information content (AvgIpc) is 3.27. The molecule has 2 amide bonds. The Morgan fingerprint density at radius 3 is 2.83 bits per heavy atom. The normalized spacial score (nSPS) is 24.6. The summed E-state index contributed by atoms with van der Waals surface area (Å²) in [4.78, 5) is 14.4. The fraction of sp³-hybridized carbons (Fsp3) is 0.733. The van der Waals surface area contributed by atoms with Gasteiger partial charge in [-0.05, 0) is 18.8 Å². The summed E-state index contributed by atoms with van der Waals surface area (Å²) < 4.78 is 30.9. The molecule has 2 aliphatic rings. The van der Waals surface area contributed by atoms with Crippen molar-refractivity contribution in [3.8, 4) is 0 Å². The molecule has 3 rings (SSSR count). The minimum absolute atomic E-state index is 0.00441. The van der Waals surface area contributed by atoms with Gasteiger partial charge in [-0.25, -0.2) is 13.2 Å². The van der Waals surface area contributed by atoms with Gasteiger partial charge in [-0.2, -0.15) is 5.10 Å². The Balaban J connectivity index is 1.77. The van der Waals surface area contributed by atoms with Crippen LogP contribution in [-0.2, 0) is 21.6 Å². The van der Waals surface area contributed by atoms with E-state index in [1.807, 2.05) is 0 Å². The third kappa shape index (κ3) is 3.89. The lowest BCUT2D eigenvalue weighted by Crippen LogP contribution is -2.53. The minimum atomic E-state index is -3.16. The van der Waals surface area contributed by atoms with E-state index in [2.05, 4.69) is 10.4 Å². The summed E-state index contributed by atoms with van der Waals surface area (Å²) in [5.74, 6) is 0.388. The fourth-order valence-electron chi connectivity index (χ4n) is 3.15. The Bertz CT molecular complexity index is 698. The molecule has 2 fully saturated rings. The number of aromatic nitrogens is 2. The zero-order valence-electron chi connectivity index (χ0n) is 14.0. The minimum Gasteiger partial charge on any atom is -0.383 e. The number of carbonyl (C=O) groups is 1. The van der Waals surface area contributed by atoms with Gasteiger partial charge in [-0.15, -0.1) is 0 Å². The van der Waals surface area contributed by atoms with Crippen molar-refractivity contribution in [1.82, 2.24) is 20.0 Å². The second kappa shape index (κ2) is 6.72. The second-order valence-electron chi connectivity index (χ2n) is 6.62. The van der Waals surface area contributed by atoms with Crippen LogP contribution in [0.4, 0.5) is 4.79 Å². The fourth-order valence-corrected chi connectivity index (χ4v) is 4.65. The van der Waals surface area contributed by atoms with Crippen LogP contribution in [0.1, 0.15) is 24.4 Å². The van der Waals surface area contributed by atoms with E-state index in [1.54, 1.807) is 36.1 Å². The molecule has 0 radical (unpaired) electrons. The van der Waals surface area contributed by atoms with Gasteiger partial charge in [0.05, 0.1) is 36.4 Å². The number of methoxy groups -OCH3 is 1. The lowest BCUT2D eigenvalue weighted by atomic mass is 10.1. The van der Waals surface area contributed by atoms with Crippen molar-refractivity contribution < 1.29 is 17.9 Å². The van der Waals surface area contributed by atoms with Gasteiger partial charge in [0.15, 0.2) is 9.84 Å². The number of carbonyl (C=O) groups excluding carboxylic acids is 1. The van der Waals surface area contributed by atoms with Crippen molar-refractivity contribution in [2.24, 2.45) is 13.0 Å². The van der Waals surface area contributed by atoms with Crippen molar-refractivity contribution in [2.45, 2.75) is 24.9 Å². The highest BCUT2D eigenvalue weighted by Gasteiger charge is 2.38. The molecule has 1 aromatic rings. The molecular weight excluding hydrogens is 332 g/mol. The van der Waals surface area contributed by atoms with Crippen LogP contribution in [0.5, 0.6) is 0 Å². The van der Waals surface area contributed by atoms with Crippen molar-refractivity contribution in [1.29, 1.82) is 0 Å². The molecule has 1 aromatic heterocycles. The molecule has 2 heterocycles. The van der Waals surface area contributed by atoms with E-state index >= 15 is 0 Å². The largest absolute Gasteiger partial charge is 0.383 e. The number of ether oxygens (including phenoxy) is 1. The third-order valence-electron chi connectivity index (χ3n) is 4.65. The predicted octanol–water partition coefficient (Wildman–Crippen LogP) is 0.326. The number of sulfone groups is 1. The van der Waals surface area contributed by atoms with E-state index < -0.39 is 15.9 Å². The Morgan fingerprint density at radius 1 is 1.50 bits per heavy atom. The van der Waals surface area contributed by atoms with Gasteiger partial charge in [0.25, 0.3) is 0 Å². The molecule has 24 heavy (non-hydrogen) atoms. The Labute approximate surface area is 142 Å². The van der Waals surface area contributed by atoms with Crippen LogP contribution in [0.25, 0.3) is 0 Å². The molecular formula is C15H24N4O4S. The standard InChI is InChI=1S/C15H24N4O4S/c1-18-8-12(7-16-18)14-10-24(21,22)6-5-19(14)15(20)17-13(9-23-2)11-3-4-11/h7-8,11,13-14H,3-6,9-10H2,1-2H3,(H,17,20)/t13-,14+/m1/s1. The molecule has 1 saturated carbocycles. The lowest BCUT2D eigenvalue weighted by Gasteiger charge is -2.36. The molecule has 9 heteroatoms. The van der Waals surface area contributed by atoms with E-state index in [1.165, 1.54) is 0 Å². The molecule has 134 valence electrons. The first kappa shape index (κ1) is 17.2. The Kier molecular flexibility index (Phi) is 4.82. The predicted molar refractivity (Wildman–Crippen MR) is 88.2 cm³/mol. The molecule has 1 aliphatic heterocycles. The summed E-state index contributed by atoms with van der Waals surface area (Å²) in [7, 11) is 0.226.